The number of ketones is 1. The van der Waals surface area contributed by atoms with E-state index in [1.54, 1.807) is 62.8 Å². The Morgan fingerprint density at radius 2 is 1.38 bits per heavy atom. The normalized spacial score (nSPS) is 17.5. The van der Waals surface area contributed by atoms with Gasteiger partial charge in [-0.25, -0.2) is 0 Å². The second kappa shape index (κ2) is 8.88. The van der Waals surface area contributed by atoms with Crippen LogP contribution in [0.4, 0.5) is 5.69 Å². The Kier molecular flexibility index (Phi) is 6.01. The first-order chi connectivity index (χ1) is 15.4. The molecule has 0 radical (unpaired) electrons. The predicted molar refractivity (Wildman–Crippen MR) is 125 cm³/mol. The molecule has 0 unspecified atom stereocenters. The molecule has 1 aliphatic rings. The van der Waals surface area contributed by atoms with Crippen molar-refractivity contribution in [3.63, 3.8) is 0 Å². The van der Waals surface area contributed by atoms with Gasteiger partial charge in [-0.15, -0.1) is 0 Å². The number of amides is 1. The molecule has 1 atom stereocenters. The number of halogens is 1. The second-order valence-electron chi connectivity index (χ2n) is 7.15. The minimum Gasteiger partial charge on any atom is -0.507 e. The zero-order chi connectivity index (χ0) is 22.8. The second-order valence-corrected chi connectivity index (χ2v) is 8.06. The van der Waals surface area contributed by atoms with E-state index in [1.807, 2.05) is 24.3 Å². The third-order valence-corrected chi connectivity index (χ3v) is 5.87. The maximum Gasteiger partial charge on any atom is 0.300 e. The largest absolute Gasteiger partial charge is 0.507 e. The molecule has 32 heavy (non-hydrogen) atoms. The van der Waals surface area contributed by atoms with Crippen LogP contribution in [0.3, 0.4) is 0 Å². The van der Waals surface area contributed by atoms with E-state index in [9.17, 15) is 14.7 Å². The third kappa shape index (κ3) is 3.87. The molecule has 0 bridgehead atoms. The van der Waals surface area contributed by atoms with Gasteiger partial charge in [0.15, 0.2) is 0 Å². The zero-order valence-electron chi connectivity index (χ0n) is 17.4. The number of rotatable bonds is 5. The number of carbonyl (C=O) groups is 2. The van der Waals surface area contributed by atoms with E-state index in [1.165, 1.54) is 4.90 Å². The fourth-order valence-electron chi connectivity index (χ4n) is 3.71. The maximum absolute atomic E-state index is 13.1. The number of carbonyl (C=O) groups excluding carboxylic acids is 2. The lowest BCUT2D eigenvalue weighted by atomic mass is 9.95. The lowest BCUT2D eigenvalue weighted by Gasteiger charge is -2.25. The molecule has 7 heteroatoms. The van der Waals surface area contributed by atoms with Crippen molar-refractivity contribution in [2.24, 2.45) is 0 Å². The Hall–Kier alpha value is -3.58. The molecule has 1 amide bonds. The summed E-state index contributed by atoms with van der Waals surface area (Å²) < 4.78 is 11.2. The molecule has 0 spiro atoms. The van der Waals surface area contributed by atoms with Crippen LogP contribution in [-0.2, 0) is 9.59 Å². The van der Waals surface area contributed by atoms with Crippen LogP contribution >= 0.6 is 15.9 Å². The highest BCUT2D eigenvalue weighted by Crippen LogP contribution is 2.42. The minimum atomic E-state index is -0.793. The molecule has 1 saturated heterocycles. The molecule has 1 N–H and O–H groups in total. The van der Waals surface area contributed by atoms with E-state index in [-0.39, 0.29) is 11.3 Å². The van der Waals surface area contributed by atoms with Gasteiger partial charge in [-0.1, -0.05) is 28.1 Å². The molecule has 162 valence electrons. The summed E-state index contributed by atoms with van der Waals surface area (Å²) in [4.78, 5) is 27.7. The summed E-state index contributed by atoms with van der Waals surface area (Å²) in [5.74, 6) is -0.455. The Balaban J connectivity index is 1.89. The van der Waals surface area contributed by atoms with E-state index < -0.39 is 17.7 Å². The third-order valence-electron chi connectivity index (χ3n) is 5.34. The van der Waals surface area contributed by atoms with Crippen LogP contribution in [0.1, 0.15) is 17.2 Å². The monoisotopic (exact) mass is 493 g/mol. The maximum atomic E-state index is 13.1. The summed E-state index contributed by atoms with van der Waals surface area (Å²) in [5, 5.41) is 11.1. The van der Waals surface area contributed by atoms with E-state index in [2.05, 4.69) is 15.9 Å². The Labute approximate surface area is 193 Å². The van der Waals surface area contributed by atoms with Crippen molar-refractivity contribution in [3.8, 4) is 11.5 Å². The molecule has 3 aromatic rings. The molecular formula is C25H20BrNO5. The van der Waals surface area contributed by atoms with Gasteiger partial charge < -0.3 is 14.6 Å². The van der Waals surface area contributed by atoms with Crippen molar-refractivity contribution < 1.29 is 24.2 Å². The number of hydrogen-bond acceptors (Lipinski definition) is 5. The number of aliphatic hydroxyl groups is 1. The number of aliphatic hydroxyl groups excluding tert-OH is 1. The van der Waals surface area contributed by atoms with E-state index in [0.29, 0.717) is 28.3 Å². The van der Waals surface area contributed by atoms with Gasteiger partial charge in [-0.3, -0.25) is 14.5 Å². The van der Waals surface area contributed by atoms with Crippen LogP contribution in [0, 0.1) is 0 Å². The fraction of sp³-hybridized carbons (Fsp3) is 0.120. The van der Waals surface area contributed by atoms with Gasteiger partial charge in [0.2, 0.25) is 0 Å². The van der Waals surface area contributed by atoms with Crippen LogP contribution in [0.25, 0.3) is 5.76 Å². The van der Waals surface area contributed by atoms with Crippen LogP contribution < -0.4 is 14.4 Å². The molecule has 0 aromatic heterocycles. The first kappa shape index (κ1) is 21.6. The molecule has 1 fully saturated rings. The minimum absolute atomic E-state index is 0.0262. The van der Waals surface area contributed by atoms with Crippen molar-refractivity contribution in [1.82, 2.24) is 0 Å². The lowest BCUT2D eigenvalue weighted by molar-refractivity contribution is -0.132. The highest BCUT2D eigenvalue weighted by atomic mass is 79.9. The number of anilines is 1. The molecular weight excluding hydrogens is 474 g/mol. The number of nitrogens with zero attached hydrogens (tertiary/aromatic N) is 1. The van der Waals surface area contributed by atoms with Crippen LogP contribution in [0.2, 0.25) is 0 Å². The van der Waals surface area contributed by atoms with Crippen molar-refractivity contribution in [2.75, 3.05) is 19.1 Å². The molecule has 1 heterocycles. The predicted octanol–water partition coefficient (Wildman–Crippen LogP) is 5.09. The molecule has 0 saturated carbocycles. The van der Waals surface area contributed by atoms with E-state index in [4.69, 9.17) is 9.47 Å². The van der Waals surface area contributed by atoms with Crippen molar-refractivity contribution in [2.45, 2.75) is 6.04 Å². The van der Waals surface area contributed by atoms with Gasteiger partial charge in [-0.05, 0) is 66.2 Å². The smallest absolute Gasteiger partial charge is 0.300 e. The van der Waals surface area contributed by atoms with Gasteiger partial charge in [-0.2, -0.15) is 0 Å². The first-order valence-electron chi connectivity index (χ1n) is 9.79. The molecule has 3 aromatic carbocycles. The lowest BCUT2D eigenvalue weighted by Crippen LogP contribution is -2.29. The highest BCUT2D eigenvalue weighted by Gasteiger charge is 2.46. The van der Waals surface area contributed by atoms with Crippen LogP contribution in [0.5, 0.6) is 11.5 Å². The standard InChI is InChI=1S/C25H20BrNO5/c1-31-19-11-5-16(6-12-19)23(28)21-22(15-3-7-17(26)8-4-15)27(25(30)24(21)29)18-9-13-20(32-2)14-10-18/h3-14,22,28H,1-2H3/b23-21+/t22-/m0/s1. The fourth-order valence-corrected chi connectivity index (χ4v) is 3.97. The molecule has 0 aliphatic carbocycles. The summed E-state index contributed by atoms with van der Waals surface area (Å²) in [5.41, 5.74) is 1.66. The number of methoxy groups -OCH3 is 2. The number of Topliss-reactive ketones (excluding diaryl/α,β-unsaturated/α-hetero) is 1. The SMILES string of the molecule is COc1ccc(/C(O)=C2\C(=O)C(=O)N(c3ccc(OC)cc3)[C@H]2c2ccc(Br)cc2)cc1. The van der Waals surface area contributed by atoms with Crippen LogP contribution in [0.15, 0.2) is 82.8 Å². The number of benzene rings is 3. The Bertz CT molecular complexity index is 1180. The summed E-state index contributed by atoms with van der Waals surface area (Å²) in [7, 11) is 3.10. The molecule has 1 aliphatic heterocycles. The number of ether oxygens (including phenoxy) is 2. The van der Waals surface area contributed by atoms with Gasteiger partial charge in [0.1, 0.15) is 17.3 Å². The highest BCUT2D eigenvalue weighted by molar-refractivity contribution is 9.10. The average molecular weight is 494 g/mol. The van der Waals surface area contributed by atoms with Crippen molar-refractivity contribution in [3.05, 3.63) is 94.0 Å². The Morgan fingerprint density at radius 3 is 1.91 bits per heavy atom. The summed E-state index contributed by atoms with van der Waals surface area (Å²) in [6, 6.07) is 20.0. The topological polar surface area (TPSA) is 76.1 Å². The van der Waals surface area contributed by atoms with Gasteiger partial charge >= 0.3 is 0 Å². The quantitative estimate of drug-likeness (QED) is 0.304. The molecule has 6 nitrogen and oxygen atoms in total. The van der Waals surface area contributed by atoms with Gasteiger partial charge in [0.05, 0.1) is 25.8 Å². The number of hydrogen-bond donors (Lipinski definition) is 1. The zero-order valence-corrected chi connectivity index (χ0v) is 19.0. The van der Waals surface area contributed by atoms with Gasteiger partial charge in [0.25, 0.3) is 11.7 Å². The van der Waals surface area contributed by atoms with Crippen molar-refractivity contribution >= 4 is 39.1 Å². The van der Waals surface area contributed by atoms with Gasteiger partial charge in [0, 0.05) is 15.7 Å². The summed E-state index contributed by atoms with van der Waals surface area (Å²) in [6.07, 6.45) is 0. The first-order valence-corrected chi connectivity index (χ1v) is 10.6. The summed E-state index contributed by atoms with van der Waals surface area (Å²) in [6.45, 7) is 0. The van der Waals surface area contributed by atoms with E-state index in [0.717, 1.165) is 4.47 Å². The Morgan fingerprint density at radius 1 is 0.844 bits per heavy atom. The van der Waals surface area contributed by atoms with Crippen molar-refractivity contribution in [1.29, 1.82) is 0 Å². The summed E-state index contributed by atoms with van der Waals surface area (Å²) >= 11 is 3.41. The van der Waals surface area contributed by atoms with Crippen LogP contribution in [-0.4, -0.2) is 31.0 Å². The van der Waals surface area contributed by atoms with E-state index >= 15 is 0 Å². The molecule has 4 rings (SSSR count). The average Bonchev–Trinajstić information content (AvgIpc) is 3.09.